The van der Waals surface area contributed by atoms with Crippen LogP contribution in [-0.4, -0.2) is 24.0 Å². The Hall–Kier alpha value is -1.66. The molecular weight excluding hydrogens is 314 g/mol. The van der Waals surface area contributed by atoms with Gasteiger partial charge in [0.1, 0.15) is 0 Å². The van der Waals surface area contributed by atoms with Crippen LogP contribution in [0.25, 0.3) is 0 Å². The summed E-state index contributed by atoms with van der Waals surface area (Å²) in [6.07, 6.45) is 2.89. The number of nitrogens with one attached hydrogen (secondary N) is 2. The summed E-state index contributed by atoms with van der Waals surface area (Å²) in [6.45, 7) is 4.20. The molecule has 1 amide bonds. The van der Waals surface area contributed by atoms with Crippen molar-refractivity contribution in [2.75, 3.05) is 23.3 Å². The summed E-state index contributed by atoms with van der Waals surface area (Å²) in [5, 5.41) is 2.95. The lowest BCUT2D eigenvalue weighted by molar-refractivity contribution is -0.115. The maximum atomic E-state index is 12.1. The van der Waals surface area contributed by atoms with Gasteiger partial charge in [0.15, 0.2) is 3.95 Å². The molecule has 0 saturated carbocycles. The van der Waals surface area contributed by atoms with E-state index in [1.54, 1.807) is 0 Å². The number of nitrogens with zero attached hydrogens (tertiary/aromatic N) is 1. The molecule has 1 aliphatic heterocycles. The minimum atomic E-state index is -0.0118. The minimum Gasteiger partial charge on any atom is -0.372 e. The zero-order valence-electron chi connectivity index (χ0n) is 12.5. The van der Waals surface area contributed by atoms with Gasteiger partial charge < -0.3 is 15.2 Å². The second-order valence-electron chi connectivity index (χ2n) is 5.53. The smallest absolute Gasteiger partial charge is 0.229 e. The van der Waals surface area contributed by atoms with E-state index in [0.717, 1.165) is 33.3 Å². The molecule has 0 radical (unpaired) electrons. The highest BCUT2D eigenvalue weighted by Gasteiger charge is 2.12. The van der Waals surface area contributed by atoms with E-state index in [0.29, 0.717) is 6.42 Å². The number of H-pyrrole nitrogens is 1. The van der Waals surface area contributed by atoms with Crippen molar-refractivity contribution >= 4 is 40.8 Å². The Kier molecular flexibility index (Phi) is 4.59. The maximum absolute atomic E-state index is 12.1. The Balaban J connectivity index is 1.61. The molecule has 1 aliphatic rings. The fourth-order valence-electron chi connectivity index (χ4n) is 2.69. The fourth-order valence-corrected chi connectivity index (χ4v) is 3.98. The average molecular weight is 333 g/mol. The van der Waals surface area contributed by atoms with Crippen LogP contribution in [0.5, 0.6) is 0 Å². The van der Waals surface area contributed by atoms with Crippen LogP contribution in [0.4, 0.5) is 11.4 Å². The average Bonchev–Trinajstić information content (AvgIpc) is 3.10. The van der Waals surface area contributed by atoms with Crippen LogP contribution in [0, 0.1) is 10.9 Å². The highest BCUT2D eigenvalue weighted by molar-refractivity contribution is 7.73. The van der Waals surface area contributed by atoms with E-state index < -0.39 is 0 Å². The standard InChI is InChI=1S/C16H19N3OS2/c1-11-14(22-16(21)17-11)10-15(20)18-12-4-6-13(7-5-12)19-8-2-3-9-19/h4-7H,2-3,8-10H2,1H3,(H,17,21)(H,18,20). The van der Waals surface area contributed by atoms with Gasteiger partial charge in [-0.1, -0.05) is 0 Å². The number of hydrogen-bond donors (Lipinski definition) is 2. The van der Waals surface area contributed by atoms with Crippen molar-refractivity contribution < 1.29 is 4.79 Å². The number of carbonyl (C=O) groups excluding carboxylic acids is 1. The molecule has 1 saturated heterocycles. The highest BCUT2D eigenvalue weighted by Crippen LogP contribution is 2.22. The lowest BCUT2D eigenvalue weighted by Crippen LogP contribution is -2.18. The lowest BCUT2D eigenvalue weighted by Gasteiger charge is -2.17. The molecular formula is C16H19N3OS2. The van der Waals surface area contributed by atoms with Gasteiger partial charge in [-0.2, -0.15) is 0 Å². The molecule has 116 valence electrons. The van der Waals surface area contributed by atoms with Gasteiger partial charge in [-0.05, 0) is 56.2 Å². The summed E-state index contributed by atoms with van der Waals surface area (Å²) in [6, 6.07) is 8.09. The van der Waals surface area contributed by atoms with Crippen LogP contribution < -0.4 is 10.2 Å². The Bertz CT molecular complexity index is 712. The number of hydrogen-bond acceptors (Lipinski definition) is 4. The highest BCUT2D eigenvalue weighted by atomic mass is 32.1. The Labute approximate surface area is 139 Å². The van der Waals surface area contributed by atoms with Gasteiger partial charge in [-0.3, -0.25) is 4.79 Å². The van der Waals surface area contributed by atoms with Crippen molar-refractivity contribution in [2.45, 2.75) is 26.2 Å². The summed E-state index contributed by atoms with van der Waals surface area (Å²) in [5.74, 6) is -0.0118. The van der Waals surface area contributed by atoms with Gasteiger partial charge in [0.05, 0.1) is 6.42 Å². The first kappa shape index (κ1) is 15.2. The first-order valence-electron chi connectivity index (χ1n) is 7.45. The molecule has 2 aromatic rings. The number of anilines is 2. The number of aromatic nitrogens is 1. The molecule has 6 heteroatoms. The number of thiazole rings is 1. The van der Waals surface area contributed by atoms with E-state index >= 15 is 0 Å². The number of aryl methyl sites for hydroxylation is 1. The molecule has 0 atom stereocenters. The summed E-state index contributed by atoms with van der Waals surface area (Å²) in [4.78, 5) is 18.6. The first-order chi connectivity index (χ1) is 10.6. The van der Waals surface area contributed by atoms with Crippen molar-refractivity contribution in [3.05, 3.63) is 38.8 Å². The zero-order valence-corrected chi connectivity index (χ0v) is 14.1. The van der Waals surface area contributed by atoms with E-state index in [1.807, 2.05) is 19.1 Å². The molecule has 0 aliphatic carbocycles. The third-order valence-corrected chi connectivity index (χ3v) is 5.20. The molecule has 1 aromatic carbocycles. The van der Waals surface area contributed by atoms with Crippen LogP contribution in [0.2, 0.25) is 0 Å². The van der Waals surface area contributed by atoms with E-state index in [2.05, 4.69) is 27.3 Å². The van der Waals surface area contributed by atoms with Crippen LogP contribution in [-0.2, 0) is 11.2 Å². The lowest BCUT2D eigenvalue weighted by atomic mass is 10.2. The molecule has 0 spiro atoms. The zero-order chi connectivity index (χ0) is 15.5. The Morgan fingerprint density at radius 3 is 2.59 bits per heavy atom. The van der Waals surface area contributed by atoms with Crippen LogP contribution in [0.3, 0.4) is 0 Å². The summed E-state index contributed by atoms with van der Waals surface area (Å²) in [7, 11) is 0. The van der Waals surface area contributed by atoms with Gasteiger partial charge in [0.2, 0.25) is 5.91 Å². The summed E-state index contributed by atoms with van der Waals surface area (Å²) in [5.41, 5.74) is 3.05. The van der Waals surface area contributed by atoms with Crippen molar-refractivity contribution in [3.8, 4) is 0 Å². The number of benzene rings is 1. The number of carbonyl (C=O) groups is 1. The number of amides is 1. The monoisotopic (exact) mass is 333 g/mol. The molecule has 1 aromatic heterocycles. The van der Waals surface area contributed by atoms with Gasteiger partial charge in [-0.25, -0.2) is 0 Å². The van der Waals surface area contributed by atoms with Gasteiger partial charge >= 0.3 is 0 Å². The maximum Gasteiger partial charge on any atom is 0.229 e. The third kappa shape index (κ3) is 3.56. The minimum absolute atomic E-state index is 0.0118. The topological polar surface area (TPSA) is 48.1 Å². The van der Waals surface area contributed by atoms with Crippen LogP contribution in [0.15, 0.2) is 24.3 Å². The number of aromatic amines is 1. The first-order valence-corrected chi connectivity index (χ1v) is 8.68. The summed E-state index contributed by atoms with van der Waals surface area (Å²) < 4.78 is 0.718. The fraction of sp³-hybridized carbons (Fsp3) is 0.375. The molecule has 0 unspecified atom stereocenters. The SMILES string of the molecule is Cc1[nH]c(=S)sc1CC(=O)Nc1ccc(N2CCCC2)cc1. The van der Waals surface area contributed by atoms with Crippen molar-refractivity contribution in [2.24, 2.45) is 0 Å². The van der Waals surface area contributed by atoms with E-state index in [9.17, 15) is 4.79 Å². The molecule has 2 heterocycles. The van der Waals surface area contributed by atoms with Gasteiger partial charge in [-0.15, -0.1) is 11.3 Å². The Morgan fingerprint density at radius 1 is 1.32 bits per heavy atom. The largest absolute Gasteiger partial charge is 0.372 e. The van der Waals surface area contributed by atoms with Crippen molar-refractivity contribution in [1.29, 1.82) is 0 Å². The molecule has 2 N–H and O–H groups in total. The summed E-state index contributed by atoms with van der Waals surface area (Å²) >= 11 is 6.56. The molecule has 1 fully saturated rings. The Morgan fingerprint density at radius 2 is 2.00 bits per heavy atom. The van der Waals surface area contributed by atoms with Crippen molar-refractivity contribution in [3.63, 3.8) is 0 Å². The number of rotatable bonds is 4. The van der Waals surface area contributed by atoms with Crippen LogP contribution in [0.1, 0.15) is 23.4 Å². The predicted octanol–water partition coefficient (Wildman–Crippen LogP) is 3.90. The molecule has 0 bridgehead atoms. The van der Waals surface area contributed by atoms with E-state index in [1.165, 1.54) is 29.9 Å². The molecule has 4 nitrogen and oxygen atoms in total. The van der Waals surface area contributed by atoms with Crippen LogP contribution >= 0.6 is 23.6 Å². The molecule has 22 heavy (non-hydrogen) atoms. The van der Waals surface area contributed by atoms with Gasteiger partial charge in [0.25, 0.3) is 0 Å². The predicted molar refractivity (Wildman–Crippen MR) is 94.5 cm³/mol. The second-order valence-corrected chi connectivity index (χ2v) is 7.30. The van der Waals surface area contributed by atoms with Crippen molar-refractivity contribution in [1.82, 2.24) is 4.98 Å². The second kappa shape index (κ2) is 6.62. The van der Waals surface area contributed by atoms with E-state index in [-0.39, 0.29) is 5.91 Å². The third-order valence-electron chi connectivity index (χ3n) is 3.87. The van der Waals surface area contributed by atoms with E-state index in [4.69, 9.17) is 12.2 Å². The van der Waals surface area contributed by atoms with Gasteiger partial charge in [0, 0.05) is 35.0 Å². The quantitative estimate of drug-likeness (QED) is 0.834. The molecule has 3 rings (SSSR count). The normalized spacial score (nSPS) is 14.3.